The summed E-state index contributed by atoms with van der Waals surface area (Å²) in [5, 5.41) is 3.10. The van der Waals surface area contributed by atoms with Crippen molar-refractivity contribution < 1.29 is 18.8 Å². The maximum absolute atomic E-state index is 13.7. The molecule has 4 aromatic rings. The second-order valence-electron chi connectivity index (χ2n) is 8.43. The highest BCUT2D eigenvalue weighted by Crippen LogP contribution is 2.36. The number of rotatable bonds is 5. The molecular weight excluding hydrogens is 467 g/mol. The number of nitrogens with zero attached hydrogens (tertiary/aromatic N) is 3. The molecule has 1 N–H and O–H groups in total. The van der Waals surface area contributed by atoms with E-state index in [1.807, 2.05) is 49.4 Å². The van der Waals surface area contributed by atoms with Crippen LogP contribution in [0.15, 0.2) is 72.8 Å². The van der Waals surface area contributed by atoms with Crippen LogP contribution < -0.4 is 10.2 Å². The number of fused-ring (bicyclic) bond motifs is 1. The minimum absolute atomic E-state index is 0.425. The van der Waals surface area contributed by atoms with Gasteiger partial charge < -0.3 is 5.32 Å². The highest BCUT2D eigenvalue weighted by Gasteiger charge is 2.50. The Kier molecular flexibility index (Phi) is 5.56. The number of imide groups is 1. The fourth-order valence-corrected chi connectivity index (χ4v) is 5.14. The first-order valence-corrected chi connectivity index (χ1v) is 11.7. The average molecular weight is 489 g/mol. The van der Waals surface area contributed by atoms with Gasteiger partial charge in [0.2, 0.25) is 0 Å². The lowest BCUT2D eigenvalue weighted by Gasteiger charge is -2.25. The quantitative estimate of drug-likeness (QED) is 0.406. The lowest BCUT2D eigenvalue weighted by Crippen LogP contribution is -2.43. The fourth-order valence-electron chi connectivity index (χ4n) is 4.14. The van der Waals surface area contributed by atoms with Gasteiger partial charge >= 0.3 is 6.03 Å². The van der Waals surface area contributed by atoms with Gasteiger partial charge in [0, 0.05) is 0 Å². The molecule has 1 saturated heterocycles. The maximum atomic E-state index is 13.7. The van der Waals surface area contributed by atoms with Crippen LogP contribution >= 0.6 is 11.3 Å². The van der Waals surface area contributed by atoms with E-state index in [-0.39, 0.29) is 0 Å². The Morgan fingerprint density at radius 2 is 1.74 bits per heavy atom. The van der Waals surface area contributed by atoms with E-state index < -0.39 is 35.7 Å². The number of nitrogens with one attached hydrogen (secondary N) is 1. The predicted molar refractivity (Wildman–Crippen MR) is 132 cm³/mol. The van der Waals surface area contributed by atoms with Gasteiger partial charge in [0.15, 0.2) is 5.13 Å². The van der Waals surface area contributed by atoms with Crippen molar-refractivity contribution in [2.45, 2.75) is 19.4 Å². The van der Waals surface area contributed by atoms with E-state index in [4.69, 9.17) is 0 Å². The molecule has 3 aromatic carbocycles. The number of thiazole rings is 1. The van der Waals surface area contributed by atoms with Gasteiger partial charge in [-0.05, 0) is 55.3 Å². The van der Waals surface area contributed by atoms with Crippen LogP contribution in [0.2, 0.25) is 0 Å². The number of carbonyl (C=O) groups excluding carboxylic acids is 3. The zero-order chi connectivity index (χ0) is 24.7. The molecule has 2 heterocycles. The highest BCUT2D eigenvalue weighted by molar-refractivity contribution is 7.22. The van der Waals surface area contributed by atoms with Crippen LogP contribution in [0.1, 0.15) is 18.1 Å². The third-order valence-electron chi connectivity index (χ3n) is 6.07. The largest absolute Gasteiger partial charge is 0.325 e. The molecule has 176 valence electrons. The Hall–Kier alpha value is -4.11. The number of carbonyl (C=O) groups is 3. The molecule has 4 amide bonds. The highest BCUT2D eigenvalue weighted by atomic mass is 32.1. The molecule has 0 aliphatic carbocycles. The van der Waals surface area contributed by atoms with Gasteiger partial charge in [0.1, 0.15) is 17.9 Å². The molecule has 35 heavy (non-hydrogen) atoms. The summed E-state index contributed by atoms with van der Waals surface area (Å²) in [5.41, 5.74) is 1.22. The molecule has 7 nitrogen and oxygen atoms in total. The van der Waals surface area contributed by atoms with Crippen molar-refractivity contribution in [3.8, 4) is 0 Å². The molecule has 5 rings (SSSR count). The van der Waals surface area contributed by atoms with Crippen LogP contribution in [-0.4, -0.2) is 34.3 Å². The van der Waals surface area contributed by atoms with Gasteiger partial charge in [-0.25, -0.2) is 14.2 Å². The average Bonchev–Trinajstić information content (AvgIpc) is 3.35. The Balaban J connectivity index is 1.49. The minimum Gasteiger partial charge on any atom is -0.319 e. The second-order valence-corrected chi connectivity index (χ2v) is 9.44. The van der Waals surface area contributed by atoms with Gasteiger partial charge in [-0.3, -0.25) is 19.4 Å². The molecule has 9 heteroatoms. The number of anilines is 2. The molecule has 1 aromatic heterocycles. The number of amides is 4. The van der Waals surface area contributed by atoms with Crippen molar-refractivity contribution >= 4 is 50.2 Å². The lowest BCUT2D eigenvalue weighted by atomic mass is 9.92. The van der Waals surface area contributed by atoms with Crippen molar-refractivity contribution in [3.05, 3.63) is 89.7 Å². The smallest absolute Gasteiger partial charge is 0.319 e. The molecule has 1 aliphatic rings. The zero-order valence-corrected chi connectivity index (χ0v) is 19.8. The predicted octanol–water partition coefficient (Wildman–Crippen LogP) is 4.88. The molecule has 1 atom stereocenters. The monoisotopic (exact) mass is 488 g/mol. The normalized spacial score (nSPS) is 17.6. The summed E-state index contributed by atoms with van der Waals surface area (Å²) in [5.74, 6) is -1.52. The number of halogens is 1. The van der Waals surface area contributed by atoms with Crippen LogP contribution in [0.3, 0.4) is 0 Å². The van der Waals surface area contributed by atoms with E-state index in [1.165, 1.54) is 47.4 Å². The molecular formula is C26H21FN4O3S. The van der Waals surface area contributed by atoms with Gasteiger partial charge in [0.05, 0.1) is 15.9 Å². The van der Waals surface area contributed by atoms with Crippen LogP contribution in [0.5, 0.6) is 0 Å². The van der Waals surface area contributed by atoms with Crippen molar-refractivity contribution in [1.29, 1.82) is 0 Å². The number of para-hydroxylation sites is 2. The van der Waals surface area contributed by atoms with Crippen molar-refractivity contribution in [3.63, 3.8) is 0 Å². The molecule has 0 spiro atoms. The van der Waals surface area contributed by atoms with E-state index in [0.717, 1.165) is 20.7 Å². The van der Waals surface area contributed by atoms with E-state index >= 15 is 0 Å². The van der Waals surface area contributed by atoms with Crippen LogP contribution in [0.4, 0.5) is 20.0 Å². The Morgan fingerprint density at radius 3 is 2.46 bits per heavy atom. The van der Waals surface area contributed by atoms with E-state index in [0.29, 0.717) is 16.4 Å². The van der Waals surface area contributed by atoms with Gasteiger partial charge in [-0.2, -0.15) is 0 Å². The Bertz CT molecular complexity index is 1440. The molecule has 1 fully saturated rings. The molecule has 0 radical (unpaired) electrons. The standard InChI is InChI=1S/C26H21FN4O3S/c1-16-7-3-5-9-20(16)31(25-28-19-8-4-6-10-21(19)35-25)22(32)15-30-23(33)26(2,29-24(30)34)17-11-13-18(27)14-12-17/h3-14H,15H2,1-2H3,(H,29,34). The third kappa shape index (κ3) is 3.93. The molecule has 1 unspecified atom stereocenters. The summed E-state index contributed by atoms with van der Waals surface area (Å²) in [7, 11) is 0. The number of urea groups is 1. The minimum atomic E-state index is -1.41. The first-order chi connectivity index (χ1) is 16.8. The van der Waals surface area contributed by atoms with E-state index in [9.17, 15) is 18.8 Å². The summed E-state index contributed by atoms with van der Waals surface area (Å²) >= 11 is 1.35. The summed E-state index contributed by atoms with van der Waals surface area (Å²) in [4.78, 5) is 46.8. The van der Waals surface area contributed by atoms with Crippen molar-refractivity contribution in [1.82, 2.24) is 15.2 Å². The zero-order valence-electron chi connectivity index (χ0n) is 19.0. The summed E-state index contributed by atoms with van der Waals surface area (Å²) in [6.45, 7) is 2.94. The third-order valence-corrected chi connectivity index (χ3v) is 7.09. The van der Waals surface area contributed by atoms with Gasteiger partial charge in [-0.1, -0.05) is 53.8 Å². The molecule has 0 bridgehead atoms. The van der Waals surface area contributed by atoms with Crippen LogP contribution in [-0.2, 0) is 15.1 Å². The molecule has 1 aliphatic heterocycles. The first kappa shape index (κ1) is 22.7. The van der Waals surface area contributed by atoms with E-state index in [2.05, 4.69) is 10.3 Å². The summed E-state index contributed by atoms with van der Waals surface area (Å²) < 4.78 is 14.3. The SMILES string of the molecule is Cc1ccccc1N(C(=O)CN1C(=O)NC(C)(c2ccc(F)cc2)C1=O)c1nc2ccccc2s1. The maximum Gasteiger partial charge on any atom is 0.325 e. The Labute approximate surface area is 204 Å². The summed E-state index contributed by atoms with van der Waals surface area (Å²) in [6.07, 6.45) is 0. The van der Waals surface area contributed by atoms with Gasteiger partial charge in [0.25, 0.3) is 11.8 Å². The van der Waals surface area contributed by atoms with Crippen molar-refractivity contribution in [2.24, 2.45) is 0 Å². The number of aryl methyl sites for hydroxylation is 1. The number of aromatic nitrogens is 1. The van der Waals surface area contributed by atoms with Gasteiger partial charge in [-0.15, -0.1) is 0 Å². The number of benzene rings is 3. The van der Waals surface area contributed by atoms with Crippen molar-refractivity contribution in [2.75, 3.05) is 11.4 Å². The van der Waals surface area contributed by atoms with Crippen LogP contribution in [0, 0.1) is 12.7 Å². The lowest BCUT2D eigenvalue weighted by molar-refractivity contribution is -0.134. The first-order valence-electron chi connectivity index (χ1n) is 10.9. The van der Waals surface area contributed by atoms with E-state index in [1.54, 1.807) is 6.07 Å². The number of hydrogen-bond donors (Lipinski definition) is 1. The Morgan fingerprint density at radius 1 is 1.06 bits per heavy atom. The fraction of sp³-hybridized carbons (Fsp3) is 0.154. The summed E-state index contributed by atoms with van der Waals surface area (Å²) in [6, 6.07) is 19.6. The second kappa shape index (κ2) is 8.59. The topological polar surface area (TPSA) is 82.6 Å². The number of hydrogen-bond acceptors (Lipinski definition) is 5. The van der Waals surface area contributed by atoms with Crippen LogP contribution in [0.25, 0.3) is 10.2 Å². The molecule has 0 saturated carbocycles.